The van der Waals surface area contributed by atoms with E-state index < -0.39 is 0 Å². The quantitative estimate of drug-likeness (QED) is 0.460. The average molecular weight is 156 g/mol. The summed E-state index contributed by atoms with van der Waals surface area (Å²) in [5.41, 5.74) is 0. The molecule has 1 aliphatic heterocycles. The van der Waals surface area contributed by atoms with E-state index in [-0.39, 0.29) is 18.0 Å². The topological polar surface area (TPSA) is 26.3 Å². The molecule has 1 heterocycles. The molecule has 1 fully saturated rings. The zero-order chi connectivity index (χ0) is 8.27. The summed E-state index contributed by atoms with van der Waals surface area (Å²) in [6.07, 6.45) is 4.82. The van der Waals surface area contributed by atoms with Gasteiger partial charge in [0, 0.05) is 0 Å². The van der Waals surface area contributed by atoms with E-state index in [1.807, 2.05) is 6.92 Å². The van der Waals surface area contributed by atoms with Gasteiger partial charge >= 0.3 is 5.97 Å². The van der Waals surface area contributed by atoms with Crippen LogP contribution in [0.25, 0.3) is 0 Å². The highest BCUT2D eigenvalue weighted by atomic mass is 16.6. The fourth-order valence-electron chi connectivity index (χ4n) is 1.44. The Labute approximate surface area is 67.9 Å². The lowest BCUT2D eigenvalue weighted by atomic mass is 9.92. The van der Waals surface area contributed by atoms with Crippen LogP contribution in [0.4, 0.5) is 0 Å². The molecule has 0 aromatic carbocycles. The minimum atomic E-state index is 0.00797. The van der Waals surface area contributed by atoms with Crippen molar-refractivity contribution in [2.45, 2.75) is 45.6 Å². The molecule has 0 unspecified atom stereocenters. The van der Waals surface area contributed by atoms with Crippen LogP contribution in [0, 0.1) is 5.92 Å². The minimum absolute atomic E-state index is 0.00797. The van der Waals surface area contributed by atoms with Crippen molar-refractivity contribution in [3.8, 4) is 0 Å². The summed E-state index contributed by atoms with van der Waals surface area (Å²) < 4.78 is 4.84. The minimum Gasteiger partial charge on any atom is -0.461 e. The Kier molecular flexibility index (Phi) is 2.92. The van der Waals surface area contributed by atoms with Crippen LogP contribution in [-0.4, -0.2) is 12.1 Å². The van der Waals surface area contributed by atoms with Gasteiger partial charge in [0.15, 0.2) is 0 Å². The summed E-state index contributed by atoms with van der Waals surface area (Å²) in [6, 6.07) is 0. The lowest BCUT2D eigenvalue weighted by Gasteiger charge is -2.32. The molecule has 0 saturated carbocycles. The van der Waals surface area contributed by atoms with Gasteiger partial charge < -0.3 is 4.74 Å². The standard InChI is InChI=1S/C9H16O2/c1-3-4-5-6-8-7(2)11-9(8)10/h7-8H,3-6H2,1-2H3/t7-,8+/m0/s1. The molecule has 64 valence electrons. The van der Waals surface area contributed by atoms with Crippen LogP contribution in [0.1, 0.15) is 39.5 Å². The highest BCUT2D eigenvalue weighted by Crippen LogP contribution is 2.26. The smallest absolute Gasteiger partial charge is 0.312 e. The molecule has 0 aromatic rings. The summed E-state index contributed by atoms with van der Waals surface area (Å²) >= 11 is 0. The zero-order valence-corrected chi connectivity index (χ0v) is 7.30. The number of carbonyl (C=O) groups excluding carboxylic acids is 1. The summed E-state index contributed by atoms with van der Waals surface area (Å²) in [4.78, 5) is 10.8. The summed E-state index contributed by atoms with van der Waals surface area (Å²) in [7, 11) is 0. The van der Waals surface area contributed by atoms with Gasteiger partial charge in [-0.05, 0) is 13.3 Å². The predicted molar refractivity (Wildman–Crippen MR) is 43.2 cm³/mol. The first-order valence-corrected chi connectivity index (χ1v) is 4.46. The van der Waals surface area contributed by atoms with Crippen molar-refractivity contribution < 1.29 is 9.53 Å². The predicted octanol–water partition coefficient (Wildman–Crippen LogP) is 2.13. The highest BCUT2D eigenvalue weighted by Gasteiger charge is 2.37. The van der Waals surface area contributed by atoms with Gasteiger partial charge in [-0.2, -0.15) is 0 Å². The van der Waals surface area contributed by atoms with E-state index in [9.17, 15) is 4.79 Å². The lowest BCUT2D eigenvalue weighted by Crippen LogP contribution is -2.42. The molecular formula is C9H16O2. The number of cyclic esters (lactones) is 1. The van der Waals surface area contributed by atoms with Crippen molar-refractivity contribution in [1.82, 2.24) is 0 Å². The third kappa shape index (κ3) is 1.95. The largest absolute Gasteiger partial charge is 0.461 e. The molecule has 2 nitrogen and oxygen atoms in total. The molecule has 0 aromatic heterocycles. The summed E-state index contributed by atoms with van der Waals surface area (Å²) in [6.45, 7) is 4.14. The Hall–Kier alpha value is -0.530. The molecule has 2 atom stereocenters. The van der Waals surface area contributed by atoms with Crippen LogP contribution >= 0.6 is 0 Å². The lowest BCUT2D eigenvalue weighted by molar-refractivity contribution is -0.182. The zero-order valence-electron chi connectivity index (χ0n) is 7.30. The van der Waals surface area contributed by atoms with Crippen LogP contribution in [0.2, 0.25) is 0 Å². The maximum Gasteiger partial charge on any atom is 0.312 e. The molecular weight excluding hydrogens is 140 g/mol. The van der Waals surface area contributed by atoms with E-state index >= 15 is 0 Å². The highest BCUT2D eigenvalue weighted by molar-refractivity contribution is 5.78. The van der Waals surface area contributed by atoms with Crippen LogP contribution in [0.15, 0.2) is 0 Å². The molecule has 0 N–H and O–H groups in total. The van der Waals surface area contributed by atoms with Gasteiger partial charge in [0.25, 0.3) is 0 Å². The first-order chi connectivity index (χ1) is 5.25. The van der Waals surface area contributed by atoms with Crippen LogP contribution in [0.3, 0.4) is 0 Å². The average Bonchev–Trinajstić information content (AvgIpc) is 1.98. The molecule has 2 heteroatoms. The van der Waals surface area contributed by atoms with Gasteiger partial charge in [-0.1, -0.05) is 26.2 Å². The SMILES string of the molecule is CCCCC[C@H]1C(=O)O[C@H]1C. The Morgan fingerprint density at radius 2 is 2.18 bits per heavy atom. The van der Waals surface area contributed by atoms with Crippen molar-refractivity contribution in [3.63, 3.8) is 0 Å². The van der Waals surface area contributed by atoms with Gasteiger partial charge in [-0.25, -0.2) is 0 Å². The van der Waals surface area contributed by atoms with Crippen LogP contribution in [-0.2, 0) is 9.53 Å². The second kappa shape index (κ2) is 3.74. The van der Waals surface area contributed by atoms with E-state index in [0.29, 0.717) is 0 Å². The second-order valence-corrected chi connectivity index (χ2v) is 3.24. The summed E-state index contributed by atoms with van der Waals surface area (Å²) in [5.74, 6) is 0.218. The number of hydrogen-bond acceptors (Lipinski definition) is 2. The first kappa shape index (κ1) is 8.57. The van der Waals surface area contributed by atoms with Crippen molar-refractivity contribution in [2.24, 2.45) is 5.92 Å². The first-order valence-electron chi connectivity index (χ1n) is 4.46. The van der Waals surface area contributed by atoms with Gasteiger partial charge in [0.2, 0.25) is 0 Å². The molecule has 0 bridgehead atoms. The molecule has 0 amide bonds. The summed E-state index contributed by atoms with van der Waals surface area (Å²) in [5, 5.41) is 0. The number of carbonyl (C=O) groups is 1. The van der Waals surface area contributed by atoms with E-state index in [1.54, 1.807) is 0 Å². The second-order valence-electron chi connectivity index (χ2n) is 3.24. The third-order valence-corrected chi connectivity index (χ3v) is 2.29. The van der Waals surface area contributed by atoms with E-state index in [1.165, 1.54) is 19.3 Å². The van der Waals surface area contributed by atoms with Crippen LogP contribution < -0.4 is 0 Å². The molecule has 1 rings (SSSR count). The Balaban J connectivity index is 2.11. The van der Waals surface area contributed by atoms with Crippen molar-refractivity contribution >= 4 is 5.97 Å². The fourth-order valence-corrected chi connectivity index (χ4v) is 1.44. The molecule has 11 heavy (non-hydrogen) atoms. The van der Waals surface area contributed by atoms with Gasteiger partial charge in [0.05, 0.1) is 5.92 Å². The normalized spacial score (nSPS) is 29.5. The molecule has 0 aliphatic carbocycles. The van der Waals surface area contributed by atoms with Gasteiger partial charge in [-0.15, -0.1) is 0 Å². The molecule has 0 radical (unpaired) electrons. The molecule has 1 saturated heterocycles. The van der Waals surface area contributed by atoms with Gasteiger partial charge in [-0.3, -0.25) is 4.79 Å². The maximum absolute atomic E-state index is 10.8. The number of esters is 1. The number of rotatable bonds is 4. The van der Waals surface area contributed by atoms with E-state index in [0.717, 1.165) is 6.42 Å². The van der Waals surface area contributed by atoms with Crippen LogP contribution in [0.5, 0.6) is 0 Å². The fraction of sp³-hybridized carbons (Fsp3) is 0.889. The third-order valence-electron chi connectivity index (χ3n) is 2.29. The van der Waals surface area contributed by atoms with E-state index in [2.05, 4.69) is 6.92 Å². The monoisotopic (exact) mass is 156 g/mol. The maximum atomic E-state index is 10.8. The van der Waals surface area contributed by atoms with Crippen molar-refractivity contribution in [2.75, 3.05) is 0 Å². The number of ether oxygens (including phenoxy) is 1. The molecule has 0 spiro atoms. The van der Waals surface area contributed by atoms with E-state index in [4.69, 9.17) is 4.74 Å². The van der Waals surface area contributed by atoms with Gasteiger partial charge in [0.1, 0.15) is 6.10 Å². The van der Waals surface area contributed by atoms with Crippen molar-refractivity contribution in [3.05, 3.63) is 0 Å². The molecule has 1 aliphatic rings. The Bertz CT molecular complexity index is 142. The van der Waals surface area contributed by atoms with Crippen molar-refractivity contribution in [1.29, 1.82) is 0 Å². The Morgan fingerprint density at radius 3 is 2.64 bits per heavy atom. The number of hydrogen-bond donors (Lipinski definition) is 0. The number of unbranched alkanes of at least 4 members (excludes halogenated alkanes) is 2. The Morgan fingerprint density at radius 1 is 1.45 bits per heavy atom.